The molecule has 168 valence electrons. The lowest BCUT2D eigenvalue weighted by Gasteiger charge is -2.36. The molecule has 3 aromatic carbocycles. The Kier molecular flexibility index (Phi) is 7.62. The average Bonchev–Trinajstić information content (AvgIpc) is 2.80. The standard InChI is InChI=1S/C22H23FN2O.C2H2O4/c1-26-22-11-10-17-6-2-3-7-18(17)19(22)16-24-12-14-25(15-13-24)21-9-5-4-8-20(21)23;3-1(4)2(5)6/h2-11H,12-16H2,1H3;(H,3,4)(H,5,6). The summed E-state index contributed by atoms with van der Waals surface area (Å²) in [5.74, 6) is -2.86. The molecular formula is C24H25FN2O5. The summed E-state index contributed by atoms with van der Waals surface area (Å²) < 4.78 is 19.6. The lowest BCUT2D eigenvalue weighted by molar-refractivity contribution is -0.159. The van der Waals surface area contributed by atoms with E-state index in [1.54, 1.807) is 13.2 Å². The maximum atomic E-state index is 14.0. The average molecular weight is 440 g/mol. The molecule has 0 unspecified atom stereocenters. The summed E-state index contributed by atoms with van der Waals surface area (Å²) in [5, 5.41) is 17.3. The van der Waals surface area contributed by atoms with Crippen LogP contribution >= 0.6 is 0 Å². The van der Waals surface area contributed by atoms with Crippen molar-refractivity contribution in [1.29, 1.82) is 0 Å². The van der Waals surface area contributed by atoms with Crippen molar-refractivity contribution in [3.8, 4) is 5.75 Å². The Labute approximate surface area is 185 Å². The number of aliphatic carboxylic acids is 2. The SMILES string of the molecule is COc1ccc2ccccc2c1CN1CCN(c2ccccc2F)CC1.O=C(O)C(=O)O. The first-order chi connectivity index (χ1) is 15.4. The number of carboxylic acids is 2. The quantitative estimate of drug-likeness (QED) is 0.601. The number of piperazine rings is 1. The Morgan fingerprint density at radius 3 is 2.16 bits per heavy atom. The number of halogens is 1. The predicted octanol–water partition coefficient (Wildman–Crippen LogP) is 3.47. The van der Waals surface area contributed by atoms with Crippen molar-refractivity contribution in [1.82, 2.24) is 4.90 Å². The van der Waals surface area contributed by atoms with Crippen molar-refractivity contribution in [3.05, 3.63) is 72.0 Å². The number of methoxy groups -OCH3 is 1. The summed E-state index contributed by atoms with van der Waals surface area (Å²) in [5.41, 5.74) is 1.93. The summed E-state index contributed by atoms with van der Waals surface area (Å²) in [6, 6.07) is 19.6. The first kappa shape index (κ1) is 23.0. The van der Waals surface area contributed by atoms with Crippen LogP contribution in [0.5, 0.6) is 5.75 Å². The van der Waals surface area contributed by atoms with E-state index in [-0.39, 0.29) is 5.82 Å². The van der Waals surface area contributed by atoms with Gasteiger partial charge in [-0.25, -0.2) is 14.0 Å². The molecule has 1 saturated heterocycles. The van der Waals surface area contributed by atoms with E-state index in [1.165, 1.54) is 22.4 Å². The molecule has 1 aliphatic heterocycles. The van der Waals surface area contributed by atoms with Gasteiger partial charge in [-0.3, -0.25) is 4.90 Å². The van der Waals surface area contributed by atoms with Crippen LogP contribution in [0.1, 0.15) is 5.56 Å². The number of hydrogen-bond acceptors (Lipinski definition) is 5. The van der Waals surface area contributed by atoms with Crippen LogP contribution in [0.25, 0.3) is 10.8 Å². The largest absolute Gasteiger partial charge is 0.496 e. The smallest absolute Gasteiger partial charge is 0.414 e. The Balaban J connectivity index is 0.000000427. The van der Waals surface area contributed by atoms with E-state index in [1.807, 2.05) is 18.2 Å². The fraction of sp³-hybridized carbons (Fsp3) is 0.250. The van der Waals surface area contributed by atoms with Crippen LogP contribution in [-0.4, -0.2) is 60.3 Å². The van der Waals surface area contributed by atoms with Crippen LogP contribution in [0, 0.1) is 5.82 Å². The van der Waals surface area contributed by atoms with E-state index in [2.05, 4.69) is 40.1 Å². The molecule has 1 heterocycles. The molecule has 1 aliphatic rings. The fourth-order valence-corrected chi connectivity index (χ4v) is 3.75. The van der Waals surface area contributed by atoms with E-state index in [0.29, 0.717) is 5.69 Å². The van der Waals surface area contributed by atoms with Crippen molar-refractivity contribution < 1.29 is 28.9 Å². The molecule has 0 aromatic heterocycles. The summed E-state index contributed by atoms with van der Waals surface area (Å²) in [7, 11) is 1.73. The molecule has 0 spiro atoms. The number of carbonyl (C=O) groups is 2. The summed E-state index contributed by atoms with van der Waals surface area (Å²) in [4.78, 5) is 22.7. The third-order valence-electron chi connectivity index (χ3n) is 5.35. The Bertz CT molecular complexity index is 1080. The van der Waals surface area contributed by atoms with E-state index in [9.17, 15) is 4.39 Å². The van der Waals surface area contributed by atoms with Gasteiger partial charge >= 0.3 is 11.9 Å². The number of para-hydroxylation sites is 1. The molecule has 0 atom stereocenters. The molecule has 2 N–H and O–H groups in total. The van der Waals surface area contributed by atoms with Crippen molar-refractivity contribution >= 4 is 28.4 Å². The fourth-order valence-electron chi connectivity index (χ4n) is 3.75. The molecule has 7 nitrogen and oxygen atoms in total. The number of rotatable bonds is 4. The first-order valence-corrected chi connectivity index (χ1v) is 10.1. The number of fused-ring (bicyclic) bond motifs is 1. The number of nitrogens with zero attached hydrogens (tertiary/aromatic N) is 2. The van der Waals surface area contributed by atoms with Crippen LogP contribution < -0.4 is 9.64 Å². The third kappa shape index (κ3) is 5.53. The molecule has 0 amide bonds. The van der Waals surface area contributed by atoms with Gasteiger partial charge in [0.15, 0.2) is 0 Å². The summed E-state index contributed by atoms with van der Waals surface area (Å²) in [6.07, 6.45) is 0. The zero-order valence-corrected chi connectivity index (χ0v) is 17.7. The highest BCUT2D eigenvalue weighted by Gasteiger charge is 2.21. The molecule has 32 heavy (non-hydrogen) atoms. The molecule has 0 saturated carbocycles. The van der Waals surface area contributed by atoms with Crippen molar-refractivity contribution in [3.63, 3.8) is 0 Å². The number of carboxylic acid groups (broad SMARTS) is 2. The minimum atomic E-state index is -1.82. The van der Waals surface area contributed by atoms with Crippen LogP contribution in [0.3, 0.4) is 0 Å². The van der Waals surface area contributed by atoms with Gasteiger partial charge in [-0.2, -0.15) is 0 Å². The van der Waals surface area contributed by atoms with Crippen LogP contribution in [-0.2, 0) is 16.1 Å². The van der Waals surface area contributed by atoms with Gasteiger partial charge in [0.1, 0.15) is 11.6 Å². The zero-order valence-electron chi connectivity index (χ0n) is 17.7. The minimum Gasteiger partial charge on any atom is -0.496 e. The highest BCUT2D eigenvalue weighted by atomic mass is 19.1. The Hall–Kier alpha value is -3.65. The van der Waals surface area contributed by atoms with Gasteiger partial charge in [-0.05, 0) is 29.0 Å². The normalized spacial score (nSPS) is 13.9. The van der Waals surface area contributed by atoms with Crippen LogP contribution in [0.2, 0.25) is 0 Å². The summed E-state index contributed by atoms with van der Waals surface area (Å²) in [6.45, 7) is 4.30. The van der Waals surface area contributed by atoms with Gasteiger partial charge in [-0.15, -0.1) is 0 Å². The highest BCUT2D eigenvalue weighted by molar-refractivity contribution is 6.27. The molecule has 0 aliphatic carbocycles. The first-order valence-electron chi connectivity index (χ1n) is 10.1. The maximum absolute atomic E-state index is 14.0. The second-order valence-corrected chi connectivity index (χ2v) is 7.29. The Morgan fingerprint density at radius 1 is 0.906 bits per heavy atom. The third-order valence-corrected chi connectivity index (χ3v) is 5.35. The van der Waals surface area contributed by atoms with Gasteiger partial charge in [0.25, 0.3) is 0 Å². The lowest BCUT2D eigenvalue weighted by atomic mass is 10.0. The molecule has 0 bridgehead atoms. The molecule has 0 radical (unpaired) electrons. The van der Waals surface area contributed by atoms with Crippen molar-refractivity contribution in [2.75, 3.05) is 38.2 Å². The zero-order chi connectivity index (χ0) is 23.1. The lowest BCUT2D eigenvalue weighted by Crippen LogP contribution is -2.46. The van der Waals surface area contributed by atoms with E-state index >= 15 is 0 Å². The highest BCUT2D eigenvalue weighted by Crippen LogP contribution is 2.30. The second kappa shape index (κ2) is 10.6. The van der Waals surface area contributed by atoms with Gasteiger partial charge in [-0.1, -0.05) is 42.5 Å². The van der Waals surface area contributed by atoms with Gasteiger partial charge in [0.2, 0.25) is 0 Å². The van der Waals surface area contributed by atoms with Crippen LogP contribution in [0.15, 0.2) is 60.7 Å². The minimum absolute atomic E-state index is 0.142. The van der Waals surface area contributed by atoms with E-state index < -0.39 is 11.9 Å². The predicted molar refractivity (Wildman–Crippen MR) is 120 cm³/mol. The molecule has 1 fully saturated rings. The number of benzene rings is 3. The number of ether oxygens (including phenoxy) is 1. The molecular weight excluding hydrogens is 415 g/mol. The van der Waals surface area contributed by atoms with E-state index in [4.69, 9.17) is 24.5 Å². The van der Waals surface area contributed by atoms with Crippen molar-refractivity contribution in [2.24, 2.45) is 0 Å². The van der Waals surface area contributed by atoms with Crippen molar-refractivity contribution in [2.45, 2.75) is 6.54 Å². The molecule has 8 heteroatoms. The summed E-state index contributed by atoms with van der Waals surface area (Å²) >= 11 is 0. The van der Waals surface area contributed by atoms with Gasteiger partial charge < -0.3 is 19.8 Å². The molecule has 4 rings (SSSR count). The molecule has 3 aromatic rings. The number of anilines is 1. The van der Waals surface area contributed by atoms with Gasteiger partial charge in [0, 0.05) is 38.3 Å². The monoisotopic (exact) mass is 440 g/mol. The van der Waals surface area contributed by atoms with Gasteiger partial charge in [0.05, 0.1) is 12.8 Å². The Morgan fingerprint density at radius 2 is 1.53 bits per heavy atom. The second-order valence-electron chi connectivity index (χ2n) is 7.29. The van der Waals surface area contributed by atoms with Crippen LogP contribution in [0.4, 0.5) is 10.1 Å². The maximum Gasteiger partial charge on any atom is 0.414 e. The topological polar surface area (TPSA) is 90.3 Å². The van der Waals surface area contributed by atoms with E-state index in [0.717, 1.165) is 38.5 Å². The number of hydrogen-bond donors (Lipinski definition) is 2.